The molecular weight excluding hydrogens is 256 g/mol. The third-order valence-corrected chi connectivity index (χ3v) is 4.25. The Labute approximate surface area is 106 Å². The second kappa shape index (κ2) is 5.17. The normalized spacial score (nSPS) is 23.6. The monoisotopic (exact) mass is 272 g/mol. The van der Waals surface area contributed by atoms with Crippen LogP contribution in [0.2, 0.25) is 0 Å². The lowest BCUT2D eigenvalue weighted by atomic mass is 9.90. The van der Waals surface area contributed by atoms with Crippen molar-refractivity contribution in [2.24, 2.45) is 0 Å². The van der Waals surface area contributed by atoms with E-state index in [-0.39, 0.29) is 23.0 Å². The van der Waals surface area contributed by atoms with Crippen LogP contribution in [0.15, 0.2) is 17.3 Å². The van der Waals surface area contributed by atoms with Crippen molar-refractivity contribution in [1.82, 2.24) is 14.7 Å². The number of nitrogen functional groups attached to an aromatic ring is 1. The average molecular weight is 272 g/mol. The van der Waals surface area contributed by atoms with E-state index >= 15 is 0 Å². The van der Waals surface area contributed by atoms with Crippen LogP contribution in [0.5, 0.6) is 0 Å². The minimum absolute atomic E-state index is 0.0246. The zero-order valence-corrected chi connectivity index (χ0v) is 10.9. The quantitative estimate of drug-likeness (QED) is 0.775. The van der Waals surface area contributed by atoms with Crippen molar-refractivity contribution in [3.8, 4) is 0 Å². The standard InChI is InChI=1S/C10H16N4O3S/c1-2-17-8-3-7(4-8)14-18(15,16)9-5-12-10(11)13-6-9/h5-8,14H,2-4H2,1H3,(H2,11,12,13). The zero-order chi connectivity index (χ0) is 13.2. The molecule has 1 aromatic heterocycles. The molecular formula is C10H16N4O3S. The molecule has 0 radical (unpaired) electrons. The van der Waals surface area contributed by atoms with E-state index in [1.807, 2.05) is 6.92 Å². The number of aromatic nitrogens is 2. The molecule has 8 heteroatoms. The Bertz CT molecular complexity index is 496. The van der Waals surface area contributed by atoms with Gasteiger partial charge in [-0.15, -0.1) is 0 Å². The highest BCUT2D eigenvalue weighted by molar-refractivity contribution is 7.89. The van der Waals surface area contributed by atoms with Crippen LogP contribution in [0.3, 0.4) is 0 Å². The van der Waals surface area contributed by atoms with Gasteiger partial charge in [-0.1, -0.05) is 0 Å². The van der Waals surface area contributed by atoms with Gasteiger partial charge in [0.1, 0.15) is 4.90 Å². The SMILES string of the molecule is CCOC1CC(NS(=O)(=O)c2cnc(N)nc2)C1. The number of sulfonamides is 1. The maximum Gasteiger partial charge on any atom is 0.243 e. The molecule has 2 rings (SSSR count). The van der Waals surface area contributed by atoms with Crippen molar-refractivity contribution < 1.29 is 13.2 Å². The third kappa shape index (κ3) is 2.95. The fourth-order valence-electron chi connectivity index (χ4n) is 1.79. The largest absolute Gasteiger partial charge is 0.378 e. The number of anilines is 1. The molecule has 0 aliphatic heterocycles. The molecule has 3 N–H and O–H groups in total. The van der Waals surface area contributed by atoms with Gasteiger partial charge in [0.05, 0.1) is 18.5 Å². The molecule has 1 aliphatic carbocycles. The number of ether oxygens (including phenoxy) is 1. The topological polar surface area (TPSA) is 107 Å². The van der Waals surface area contributed by atoms with Crippen LogP contribution in [0.1, 0.15) is 19.8 Å². The van der Waals surface area contributed by atoms with Crippen molar-refractivity contribution in [3.63, 3.8) is 0 Å². The number of rotatable bonds is 5. The van der Waals surface area contributed by atoms with E-state index in [9.17, 15) is 8.42 Å². The van der Waals surface area contributed by atoms with Crippen molar-refractivity contribution in [2.45, 2.75) is 36.8 Å². The van der Waals surface area contributed by atoms with E-state index in [2.05, 4.69) is 14.7 Å². The van der Waals surface area contributed by atoms with E-state index < -0.39 is 10.0 Å². The molecule has 1 fully saturated rings. The highest BCUT2D eigenvalue weighted by Gasteiger charge is 2.33. The number of nitrogens with zero attached hydrogens (tertiary/aromatic N) is 2. The third-order valence-electron chi connectivity index (χ3n) is 2.78. The predicted molar refractivity (Wildman–Crippen MR) is 65.2 cm³/mol. The van der Waals surface area contributed by atoms with Gasteiger partial charge in [-0.05, 0) is 19.8 Å². The Morgan fingerprint density at radius 1 is 1.44 bits per heavy atom. The summed E-state index contributed by atoms with van der Waals surface area (Å²) in [6.45, 7) is 2.57. The highest BCUT2D eigenvalue weighted by Crippen LogP contribution is 2.24. The summed E-state index contributed by atoms with van der Waals surface area (Å²) >= 11 is 0. The fraction of sp³-hybridized carbons (Fsp3) is 0.600. The van der Waals surface area contributed by atoms with E-state index in [4.69, 9.17) is 10.5 Å². The number of nitrogens with one attached hydrogen (secondary N) is 1. The van der Waals surface area contributed by atoms with Crippen molar-refractivity contribution in [3.05, 3.63) is 12.4 Å². The molecule has 7 nitrogen and oxygen atoms in total. The summed E-state index contributed by atoms with van der Waals surface area (Å²) in [5.41, 5.74) is 5.31. The Morgan fingerprint density at radius 2 is 2.06 bits per heavy atom. The van der Waals surface area contributed by atoms with Gasteiger partial charge >= 0.3 is 0 Å². The molecule has 0 bridgehead atoms. The Kier molecular flexibility index (Phi) is 3.79. The lowest BCUT2D eigenvalue weighted by Gasteiger charge is -2.34. The number of nitrogens with two attached hydrogens (primary N) is 1. The molecule has 0 aromatic carbocycles. The Balaban J connectivity index is 1.95. The summed E-state index contributed by atoms with van der Waals surface area (Å²) in [5.74, 6) is 0.0500. The summed E-state index contributed by atoms with van der Waals surface area (Å²) in [6, 6.07) is -0.0795. The minimum atomic E-state index is -3.56. The number of hydrogen-bond donors (Lipinski definition) is 2. The first-order valence-corrected chi connectivity index (χ1v) is 7.21. The van der Waals surface area contributed by atoms with Crippen LogP contribution >= 0.6 is 0 Å². The van der Waals surface area contributed by atoms with Gasteiger partial charge in [0, 0.05) is 12.6 Å². The fourth-order valence-corrected chi connectivity index (χ4v) is 2.94. The molecule has 0 spiro atoms. The summed E-state index contributed by atoms with van der Waals surface area (Å²) in [4.78, 5) is 7.35. The van der Waals surface area contributed by atoms with Crippen molar-refractivity contribution in [2.75, 3.05) is 12.3 Å². The smallest absolute Gasteiger partial charge is 0.243 e. The molecule has 0 unspecified atom stereocenters. The molecule has 0 saturated heterocycles. The van der Waals surface area contributed by atoms with Gasteiger partial charge in [-0.25, -0.2) is 23.1 Å². The first-order chi connectivity index (χ1) is 8.51. The lowest BCUT2D eigenvalue weighted by Crippen LogP contribution is -2.47. The van der Waals surface area contributed by atoms with Crippen LogP contribution in [-0.2, 0) is 14.8 Å². The average Bonchev–Trinajstić information content (AvgIpc) is 2.27. The molecule has 0 atom stereocenters. The summed E-state index contributed by atoms with van der Waals surface area (Å²) in [5, 5.41) is 0. The van der Waals surface area contributed by atoms with Crippen LogP contribution in [0.25, 0.3) is 0 Å². The van der Waals surface area contributed by atoms with Gasteiger partial charge in [0.15, 0.2) is 0 Å². The Hall–Kier alpha value is -1.25. The van der Waals surface area contributed by atoms with Gasteiger partial charge in [-0.2, -0.15) is 0 Å². The molecule has 1 aromatic rings. The highest BCUT2D eigenvalue weighted by atomic mass is 32.2. The first kappa shape index (κ1) is 13.2. The van der Waals surface area contributed by atoms with Crippen LogP contribution in [0.4, 0.5) is 5.95 Å². The van der Waals surface area contributed by atoms with Gasteiger partial charge in [0.25, 0.3) is 0 Å². The zero-order valence-electron chi connectivity index (χ0n) is 10.0. The van der Waals surface area contributed by atoms with Crippen LogP contribution in [0, 0.1) is 0 Å². The lowest BCUT2D eigenvalue weighted by molar-refractivity contribution is -0.00475. The molecule has 1 heterocycles. The van der Waals surface area contributed by atoms with E-state index in [1.165, 1.54) is 12.4 Å². The van der Waals surface area contributed by atoms with Gasteiger partial charge in [0.2, 0.25) is 16.0 Å². The van der Waals surface area contributed by atoms with Crippen LogP contribution in [-0.4, -0.2) is 37.1 Å². The van der Waals surface area contributed by atoms with E-state index in [1.54, 1.807) is 0 Å². The maximum absolute atomic E-state index is 11.9. The number of hydrogen-bond acceptors (Lipinski definition) is 6. The Morgan fingerprint density at radius 3 is 2.61 bits per heavy atom. The molecule has 1 saturated carbocycles. The molecule has 0 amide bonds. The van der Waals surface area contributed by atoms with Gasteiger partial charge < -0.3 is 10.5 Å². The summed E-state index contributed by atoms with van der Waals surface area (Å²) in [7, 11) is -3.56. The van der Waals surface area contributed by atoms with Crippen molar-refractivity contribution in [1.29, 1.82) is 0 Å². The van der Waals surface area contributed by atoms with Crippen molar-refractivity contribution >= 4 is 16.0 Å². The molecule has 100 valence electrons. The second-order valence-electron chi connectivity index (χ2n) is 4.14. The van der Waals surface area contributed by atoms with Crippen LogP contribution < -0.4 is 10.5 Å². The summed E-state index contributed by atoms with van der Waals surface area (Å²) in [6.07, 6.45) is 3.95. The predicted octanol–water partition coefficient (Wildman–Crippen LogP) is -0.0954. The minimum Gasteiger partial charge on any atom is -0.378 e. The van der Waals surface area contributed by atoms with E-state index in [0.29, 0.717) is 19.4 Å². The van der Waals surface area contributed by atoms with Gasteiger partial charge in [-0.3, -0.25) is 0 Å². The summed E-state index contributed by atoms with van der Waals surface area (Å²) < 4.78 is 31.8. The first-order valence-electron chi connectivity index (χ1n) is 5.72. The second-order valence-corrected chi connectivity index (χ2v) is 5.86. The van der Waals surface area contributed by atoms with E-state index in [0.717, 1.165) is 0 Å². The maximum atomic E-state index is 11.9. The molecule has 18 heavy (non-hydrogen) atoms. The molecule has 1 aliphatic rings.